The Morgan fingerprint density at radius 1 is 1.36 bits per heavy atom. The summed E-state index contributed by atoms with van der Waals surface area (Å²) < 4.78 is 0. The topological polar surface area (TPSA) is 40.6 Å². The molecule has 2 rings (SSSR count). The van der Waals surface area contributed by atoms with E-state index < -0.39 is 0 Å². The van der Waals surface area contributed by atoms with Crippen LogP contribution in [0.15, 0.2) is 0 Å². The Morgan fingerprint density at radius 2 is 2.07 bits per heavy atom. The first-order valence-electron chi connectivity index (χ1n) is 5.31. The summed E-state index contributed by atoms with van der Waals surface area (Å²) in [5.41, 5.74) is 0. The summed E-state index contributed by atoms with van der Waals surface area (Å²) >= 11 is 0. The van der Waals surface area contributed by atoms with Crippen LogP contribution in [0.25, 0.3) is 0 Å². The molecule has 0 bridgehead atoms. The number of rotatable bonds is 4. The van der Waals surface area contributed by atoms with Gasteiger partial charge in [0.25, 0.3) is 0 Å². The largest absolute Gasteiger partial charge is 0.327 e. The number of carbonyl (C=O) groups excluding carboxylic acids is 2. The molecule has 1 saturated heterocycles. The summed E-state index contributed by atoms with van der Waals surface area (Å²) in [4.78, 5) is 26.2. The smallest absolute Gasteiger partial charge is 0.315 e. The highest BCUT2D eigenvalue weighted by atomic mass is 16.2. The molecule has 0 aromatic rings. The SMILES string of the molecule is CCCN1C(=O)CN(CC2CC2)C1=O. The van der Waals surface area contributed by atoms with Crippen LogP contribution in [0.5, 0.6) is 0 Å². The van der Waals surface area contributed by atoms with Gasteiger partial charge in [0, 0.05) is 13.1 Å². The van der Waals surface area contributed by atoms with Crippen molar-refractivity contribution in [1.82, 2.24) is 9.80 Å². The molecule has 0 aromatic carbocycles. The minimum Gasteiger partial charge on any atom is -0.315 e. The van der Waals surface area contributed by atoms with Crippen molar-refractivity contribution in [1.29, 1.82) is 0 Å². The Morgan fingerprint density at radius 3 is 2.64 bits per heavy atom. The second-order valence-corrected chi connectivity index (χ2v) is 4.15. The minimum absolute atomic E-state index is 0.0301. The van der Waals surface area contributed by atoms with E-state index >= 15 is 0 Å². The highest BCUT2D eigenvalue weighted by Gasteiger charge is 2.37. The molecule has 0 N–H and O–H groups in total. The molecule has 0 radical (unpaired) electrons. The molecule has 3 amide bonds. The van der Waals surface area contributed by atoms with Gasteiger partial charge in [0.2, 0.25) is 5.91 Å². The summed E-state index contributed by atoms with van der Waals surface area (Å²) in [5.74, 6) is 0.630. The zero-order chi connectivity index (χ0) is 10.1. The van der Waals surface area contributed by atoms with E-state index in [1.54, 1.807) is 4.90 Å². The van der Waals surface area contributed by atoms with Crippen LogP contribution in [0.2, 0.25) is 0 Å². The van der Waals surface area contributed by atoms with Gasteiger partial charge in [0.05, 0.1) is 0 Å². The number of urea groups is 1. The Balaban J connectivity index is 1.94. The van der Waals surface area contributed by atoms with Gasteiger partial charge < -0.3 is 4.90 Å². The van der Waals surface area contributed by atoms with Crippen molar-refractivity contribution in [2.45, 2.75) is 26.2 Å². The fraction of sp³-hybridized carbons (Fsp3) is 0.800. The van der Waals surface area contributed by atoms with Gasteiger partial charge in [-0.25, -0.2) is 4.79 Å². The van der Waals surface area contributed by atoms with Gasteiger partial charge in [0.1, 0.15) is 6.54 Å². The van der Waals surface area contributed by atoms with Gasteiger partial charge in [-0.1, -0.05) is 6.92 Å². The lowest BCUT2D eigenvalue weighted by Crippen LogP contribution is -2.34. The minimum atomic E-state index is -0.0799. The molecule has 0 aromatic heterocycles. The van der Waals surface area contributed by atoms with E-state index in [2.05, 4.69) is 0 Å². The molecular formula is C10H16N2O2. The van der Waals surface area contributed by atoms with E-state index in [1.165, 1.54) is 17.7 Å². The molecule has 0 atom stereocenters. The van der Waals surface area contributed by atoms with Gasteiger partial charge in [0.15, 0.2) is 0 Å². The molecule has 2 aliphatic rings. The molecular weight excluding hydrogens is 180 g/mol. The van der Waals surface area contributed by atoms with Crippen LogP contribution in [0.3, 0.4) is 0 Å². The van der Waals surface area contributed by atoms with Crippen LogP contribution in [0.4, 0.5) is 4.79 Å². The van der Waals surface area contributed by atoms with Crippen LogP contribution >= 0.6 is 0 Å². The third kappa shape index (κ3) is 1.74. The van der Waals surface area contributed by atoms with Gasteiger partial charge >= 0.3 is 6.03 Å². The summed E-state index contributed by atoms with van der Waals surface area (Å²) in [6, 6.07) is -0.0799. The van der Waals surface area contributed by atoms with Crippen molar-refractivity contribution < 1.29 is 9.59 Å². The predicted octanol–water partition coefficient (Wildman–Crippen LogP) is 1.07. The summed E-state index contributed by atoms with van der Waals surface area (Å²) in [6.45, 7) is 3.63. The molecule has 4 nitrogen and oxygen atoms in total. The molecule has 2 fully saturated rings. The van der Waals surface area contributed by atoms with E-state index in [4.69, 9.17) is 0 Å². The van der Waals surface area contributed by atoms with Crippen molar-refractivity contribution in [3.8, 4) is 0 Å². The standard InChI is InChI=1S/C10H16N2O2/c1-2-5-12-9(13)7-11(10(12)14)6-8-3-4-8/h8H,2-7H2,1H3. The molecule has 1 aliphatic heterocycles. The maximum Gasteiger partial charge on any atom is 0.327 e. The van der Waals surface area contributed by atoms with Crippen molar-refractivity contribution in [2.75, 3.05) is 19.6 Å². The first-order chi connectivity index (χ1) is 6.72. The maximum absolute atomic E-state index is 11.7. The zero-order valence-corrected chi connectivity index (χ0v) is 8.53. The van der Waals surface area contributed by atoms with Crippen LogP contribution in [0, 0.1) is 5.92 Å². The van der Waals surface area contributed by atoms with Gasteiger partial charge in [-0.05, 0) is 25.2 Å². The van der Waals surface area contributed by atoms with Gasteiger partial charge in [-0.15, -0.1) is 0 Å². The lowest BCUT2D eigenvalue weighted by molar-refractivity contribution is -0.125. The lowest BCUT2D eigenvalue weighted by atomic mass is 10.4. The predicted molar refractivity (Wildman–Crippen MR) is 51.7 cm³/mol. The summed E-state index contributed by atoms with van der Waals surface area (Å²) in [7, 11) is 0. The summed E-state index contributed by atoms with van der Waals surface area (Å²) in [6.07, 6.45) is 3.27. The highest BCUT2D eigenvalue weighted by molar-refractivity contribution is 6.01. The number of imide groups is 1. The van der Waals surface area contributed by atoms with E-state index in [-0.39, 0.29) is 11.9 Å². The molecule has 4 heteroatoms. The number of nitrogens with zero attached hydrogens (tertiary/aromatic N) is 2. The van der Waals surface area contributed by atoms with Crippen LogP contribution < -0.4 is 0 Å². The fourth-order valence-electron chi connectivity index (χ4n) is 1.79. The molecule has 14 heavy (non-hydrogen) atoms. The van der Waals surface area contributed by atoms with E-state index in [0.29, 0.717) is 19.0 Å². The van der Waals surface area contributed by atoms with Crippen LogP contribution in [-0.4, -0.2) is 41.4 Å². The van der Waals surface area contributed by atoms with Crippen molar-refractivity contribution in [3.05, 3.63) is 0 Å². The average molecular weight is 196 g/mol. The molecule has 1 saturated carbocycles. The Kier molecular flexibility index (Phi) is 2.44. The fourth-order valence-corrected chi connectivity index (χ4v) is 1.79. The van der Waals surface area contributed by atoms with Crippen molar-refractivity contribution in [3.63, 3.8) is 0 Å². The zero-order valence-electron chi connectivity index (χ0n) is 8.53. The Labute approximate surface area is 83.9 Å². The second kappa shape index (κ2) is 3.59. The quantitative estimate of drug-likeness (QED) is 0.631. The number of hydrogen-bond donors (Lipinski definition) is 0. The first-order valence-corrected chi connectivity index (χ1v) is 5.31. The number of hydrogen-bond acceptors (Lipinski definition) is 2. The van der Waals surface area contributed by atoms with Gasteiger partial charge in [-0.3, -0.25) is 9.69 Å². The summed E-state index contributed by atoms with van der Waals surface area (Å²) in [5, 5.41) is 0. The highest BCUT2D eigenvalue weighted by Crippen LogP contribution is 2.30. The van der Waals surface area contributed by atoms with Crippen LogP contribution in [-0.2, 0) is 4.79 Å². The second-order valence-electron chi connectivity index (χ2n) is 4.15. The first kappa shape index (κ1) is 9.49. The van der Waals surface area contributed by atoms with Crippen molar-refractivity contribution in [2.24, 2.45) is 5.92 Å². The number of carbonyl (C=O) groups is 2. The third-order valence-corrected chi connectivity index (χ3v) is 2.75. The van der Waals surface area contributed by atoms with E-state index in [0.717, 1.165) is 13.0 Å². The van der Waals surface area contributed by atoms with Crippen molar-refractivity contribution >= 4 is 11.9 Å². The lowest BCUT2D eigenvalue weighted by Gasteiger charge is -2.15. The normalized spacial score (nSPS) is 22.4. The van der Waals surface area contributed by atoms with E-state index in [1.807, 2.05) is 6.92 Å². The number of amides is 3. The molecule has 1 heterocycles. The maximum atomic E-state index is 11.7. The third-order valence-electron chi connectivity index (χ3n) is 2.75. The average Bonchev–Trinajstić information content (AvgIpc) is 2.91. The van der Waals surface area contributed by atoms with E-state index in [9.17, 15) is 9.59 Å². The Hall–Kier alpha value is -1.06. The molecule has 1 aliphatic carbocycles. The monoisotopic (exact) mass is 196 g/mol. The molecule has 0 unspecified atom stereocenters. The Bertz CT molecular complexity index is 261. The van der Waals surface area contributed by atoms with Gasteiger partial charge in [-0.2, -0.15) is 0 Å². The molecule has 78 valence electrons. The molecule has 0 spiro atoms. The van der Waals surface area contributed by atoms with Crippen LogP contribution in [0.1, 0.15) is 26.2 Å².